The Kier molecular flexibility index (Phi) is 8.99. The van der Waals surface area contributed by atoms with Crippen molar-refractivity contribution in [3.05, 3.63) is 41.7 Å². The van der Waals surface area contributed by atoms with Crippen molar-refractivity contribution in [3.63, 3.8) is 0 Å². The Morgan fingerprint density at radius 1 is 1.06 bits per heavy atom. The third-order valence-electron chi connectivity index (χ3n) is 4.30. The number of hydrogen-bond donors (Lipinski definition) is 2. The van der Waals surface area contributed by atoms with Gasteiger partial charge in [0.05, 0.1) is 11.1 Å². The first-order valence-electron chi connectivity index (χ1n) is 10.1. The molecule has 0 atom stereocenters. The number of halogens is 6. The fraction of sp³-hybridized carbons (Fsp3) is 0.450. The normalized spacial score (nSPS) is 12.6. The summed E-state index contributed by atoms with van der Waals surface area (Å²) in [6, 6.07) is 1.11. The van der Waals surface area contributed by atoms with Crippen LogP contribution in [0.1, 0.15) is 31.4 Å². The first kappa shape index (κ1) is 26.3. The van der Waals surface area contributed by atoms with Gasteiger partial charge in [-0.05, 0) is 31.2 Å². The van der Waals surface area contributed by atoms with E-state index in [1.165, 1.54) is 6.20 Å². The van der Waals surface area contributed by atoms with Crippen LogP contribution in [0.4, 0.5) is 26.3 Å². The van der Waals surface area contributed by atoms with E-state index in [2.05, 4.69) is 20.8 Å². The summed E-state index contributed by atoms with van der Waals surface area (Å²) < 4.78 is 79.3. The van der Waals surface area contributed by atoms with Gasteiger partial charge in [-0.3, -0.25) is 10.2 Å². The van der Waals surface area contributed by atoms with Crippen molar-refractivity contribution in [1.82, 2.24) is 30.5 Å². The maximum Gasteiger partial charge on any atom is 0.416 e. The number of amides is 1. The Morgan fingerprint density at radius 2 is 1.70 bits per heavy atom. The second kappa shape index (κ2) is 11.3. The smallest absolute Gasteiger partial charge is 0.316 e. The molecule has 1 heterocycles. The van der Waals surface area contributed by atoms with Crippen LogP contribution in [0, 0.1) is 0 Å². The Morgan fingerprint density at radius 3 is 2.24 bits per heavy atom. The zero-order valence-electron chi connectivity index (χ0n) is 18.0. The molecule has 7 nitrogen and oxygen atoms in total. The van der Waals surface area contributed by atoms with E-state index in [4.69, 9.17) is 0 Å². The number of hydrazine groups is 1. The number of nitrogens with zero attached hydrogens (tertiary/aromatic N) is 4. The number of hydrogen-bond acceptors (Lipinski definition) is 5. The second-order valence-corrected chi connectivity index (χ2v) is 6.98. The van der Waals surface area contributed by atoms with Crippen LogP contribution in [-0.4, -0.2) is 51.9 Å². The molecule has 33 heavy (non-hydrogen) atoms. The van der Waals surface area contributed by atoms with Gasteiger partial charge >= 0.3 is 12.4 Å². The van der Waals surface area contributed by atoms with E-state index >= 15 is 0 Å². The maximum atomic E-state index is 13.0. The Labute approximate surface area is 186 Å². The summed E-state index contributed by atoms with van der Waals surface area (Å²) in [5.41, 5.74) is -0.694. The van der Waals surface area contributed by atoms with Gasteiger partial charge in [-0.25, -0.2) is 14.7 Å². The van der Waals surface area contributed by atoms with Crippen molar-refractivity contribution in [1.29, 1.82) is 0 Å². The van der Waals surface area contributed by atoms with Crippen molar-refractivity contribution in [2.75, 3.05) is 26.2 Å². The quantitative estimate of drug-likeness (QED) is 0.235. The molecule has 0 radical (unpaired) electrons. The minimum atomic E-state index is -4.98. The molecule has 1 aromatic carbocycles. The van der Waals surface area contributed by atoms with Crippen molar-refractivity contribution < 1.29 is 31.1 Å². The third kappa shape index (κ3) is 8.17. The minimum Gasteiger partial charge on any atom is -0.316 e. The molecule has 0 aliphatic rings. The molecule has 0 fully saturated rings. The van der Waals surface area contributed by atoms with E-state index in [1.807, 2.05) is 13.8 Å². The van der Waals surface area contributed by atoms with Gasteiger partial charge in [0.1, 0.15) is 6.33 Å². The van der Waals surface area contributed by atoms with Crippen LogP contribution in [0.3, 0.4) is 0 Å². The predicted octanol–water partition coefficient (Wildman–Crippen LogP) is 3.81. The second-order valence-electron chi connectivity index (χ2n) is 6.98. The van der Waals surface area contributed by atoms with E-state index in [0.29, 0.717) is 31.8 Å². The van der Waals surface area contributed by atoms with E-state index in [9.17, 15) is 31.1 Å². The summed E-state index contributed by atoms with van der Waals surface area (Å²) in [5, 5.41) is 8.72. The number of aromatic nitrogens is 3. The van der Waals surface area contributed by atoms with Gasteiger partial charge in [-0.1, -0.05) is 13.8 Å². The first-order valence-corrected chi connectivity index (χ1v) is 10.1. The van der Waals surface area contributed by atoms with Gasteiger partial charge in [0, 0.05) is 37.5 Å². The molecular weight excluding hydrogens is 454 g/mol. The lowest BCUT2D eigenvalue weighted by molar-refractivity contribution is -0.143. The van der Waals surface area contributed by atoms with Crippen LogP contribution in [-0.2, 0) is 17.1 Å². The van der Waals surface area contributed by atoms with Crippen LogP contribution in [0.2, 0.25) is 0 Å². The van der Waals surface area contributed by atoms with Crippen molar-refractivity contribution >= 4 is 12.1 Å². The van der Waals surface area contributed by atoms with Gasteiger partial charge in [0.25, 0.3) is 5.91 Å². The van der Waals surface area contributed by atoms with E-state index < -0.39 is 35.0 Å². The zero-order valence-corrected chi connectivity index (χ0v) is 18.0. The minimum absolute atomic E-state index is 0.0306. The van der Waals surface area contributed by atoms with Gasteiger partial charge in [-0.2, -0.15) is 26.3 Å². The molecule has 0 spiro atoms. The first-order chi connectivity index (χ1) is 15.4. The molecule has 0 aliphatic carbocycles. The van der Waals surface area contributed by atoms with E-state index in [0.717, 1.165) is 30.1 Å². The van der Waals surface area contributed by atoms with E-state index in [1.54, 1.807) is 5.01 Å². The third-order valence-corrected chi connectivity index (χ3v) is 4.30. The van der Waals surface area contributed by atoms with Crippen molar-refractivity contribution in [2.45, 2.75) is 32.6 Å². The number of alkyl halides is 6. The fourth-order valence-electron chi connectivity index (χ4n) is 2.78. The summed E-state index contributed by atoms with van der Waals surface area (Å²) in [7, 11) is 0. The Balaban J connectivity index is 2.17. The van der Waals surface area contributed by atoms with Crippen LogP contribution in [0.5, 0.6) is 0 Å². The highest BCUT2D eigenvalue weighted by atomic mass is 19.4. The summed E-state index contributed by atoms with van der Waals surface area (Å²) in [5.74, 6) is -0.828. The van der Waals surface area contributed by atoms with Crippen molar-refractivity contribution in [3.8, 4) is 11.4 Å². The molecular formula is C20H24F6N6O. The predicted molar refractivity (Wildman–Crippen MR) is 109 cm³/mol. The van der Waals surface area contributed by atoms with E-state index in [-0.39, 0.29) is 11.9 Å². The van der Waals surface area contributed by atoms with Gasteiger partial charge < -0.3 is 5.32 Å². The highest BCUT2D eigenvalue weighted by molar-refractivity contribution is 5.89. The van der Waals surface area contributed by atoms with Gasteiger partial charge in [0.15, 0.2) is 5.82 Å². The number of benzene rings is 1. The van der Waals surface area contributed by atoms with Crippen LogP contribution < -0.4 is 10.7 Å². The average molecular weight is 478 g/mol. The summed E-state index contributed by atoms with van der Waals surface area (Å²) in [4.78, 5) is 15.9. The molecule has 2 N–H and O–H groups in total. The molecule has 1 aromatic heterocycles. The Bertz CT molecular complexity index is 921. The molecule has 182 valence electrons. The monoisotopic (exact) mass is 478 g/mol. The molecule has 0 bridgehead atoms. The average Bonchev–Trinajstić information content (AvgIpc) is 3.20. The highest BCUT2D eigenvalue weighted by Crippen LogP contribution is 2.38. The SMILES string of the molecule is CCCN(CCNCC)NC(=O)/C=C\n1cnc(-c2cc(C(F)(F)F)cc(C(F)(F)F)c2)n1. The number of nitrogens with one attached hydrogen (secondary N) is 2. The molecule has 2 aromatic rings. The van der Waals surface area contributed by atoms with Gasteiger partial charge in [-0.15, -0.1) is 5.10 Å². The molecule has 13 heteroatoms. The molecule has 0 saturated carbocycles. The summed E-state index contributed by atoms with van der Waals surface area (Å²) >= 11 is 0. The zero-order chi connectivity index (χ0) is 24.6. The summed E-state index contributed by atoms with van der Waals surface area (Å²) in [6.07, 6.45) is -5.76. The molecule has 0 unspecified atom stereocenters. The number of carbonyl (C=O) groups excluding carboxylic acids is 1. The van der Waals surface area contributed by atoms with Crippen LogP contribution >= 0.6 is 0 Å². The molecule has 0 aliphatic heterocycles. The number of rotatable bonds is 10. The highest BCUT2D eigenvalue weighted by Gasteiger charge is 2.37. The largest absolute Gasteiger partial charge is 0.416 e. The fourth-order valence-corrected chi connectivity index (χ4v) is 2.78. The number of carbonyl (C=O) groups is 1. The molecule has 1 amide bonds. The van der Waals surface area contributed by atoms with Crippen molar-refractivity contribution in [2.24, 2.45) is 0 Å². The molecule has 2 rings (SSSR count). The van der Waals surface area contributed by atoms with Crippen LogP contribution in [0.25, 0.3) is 17.6 Å². The lowest BCUT2D eigenvalue weighted by Gasteiger charge is -2.21. The lowest BCUT2D eigenvalue weighted by Crippen LogP contribution is -2.45. The summed E-state index contributed by atoms with van der Waals surface area (Å²) in [6.45, 7) is 6.57. The van der Waals surface area contributed by atoms with Gasteiger partial charge in [0.2, 0.25) is 0 Å². The molecule has 0 saturated heterocycles. The Hall–Kier alpha value is -2.93. The topological polar surface area (TPSA) is 75.1 Å². The van der Waals surface area contributed by atoms with Crippen LogP contribution in [0.15, 0.2) is 30.6 Å². The standard InChI is InChI=1S/C20H24F6N6O/c1-3-7-31(9-6-27-4-2)29-17(33)5-8-32-13-28-18(30-32)14-10-15(19(21,22)23)12-16(11-14)20(24,25)26/h5,8,10-13,27H,3-4,6-7,9H2,1-2H3,(H,29,33)/b8-5-. The maximum absolute atomic E-state index is 13.0. The number of likely N-dealkylation sites (N-methyl/N-ethyl adjacent to an activating group) is 1. The lowest BCUT2D eigenvalue weighted by atomic mass is 10.0.